The molecule has 1 amide bonds. The number of carbonyl (C=O) groups excluding carboxylic acids is 1. The Hall–Kier alpha value is -1.40. The summed E-state index contributed by atoms with van der Waals surface area (Å²) in [5, 5.41) is 4.47. The molecule has 120 valence electrons. The molecule has 0 N–H and O–H groups in total. The molecular weight excluding hydrogens is 280 g/mol. The molecule has 0 bridgehead atoms. The number of amides is 1. The summed E-state index contributed by atoms with van der Waals surface area (Å²) in [6, 6.07) is 0.464. The van der Waals surface area contributed by atoms with Crippen LogP contribution in [0.5, 0.6) is 0 Å². The Bertz CT molecular complexity index is 532. The second kappa shape index (κ2) is 6.01. The topological polar surface area (TPSA) is 50.6 Å². The highest BCUT2D eigenvalue weighted by Crippen LogP contribution is 2.27. The number of likely N-dealkylation sites (tertiary alicyclic amines) is 1. The van der Waals surface area contributed by atoms with Crippen LogP contribution in [0.2, 0.25) is 0 Å². The number of nitrogens with zero attached hydrogens (tertiary/aromatic N) is 4. The van der Waals surface area contributed by atoms with E-state index in [2.05, 4.69) is 10.00 Å². The first-order valence-electron chi connectivity index (χ1n) is 8.44. The van der Waals surface area contributed by atoms with E-state index in [4.69, 9.17) is 4.74 Å². The molecule has 3 aliphatic rings. The molecule has 1 aromatic rings. The lowest BCUT2D eigenvalue weighted by atomic mass is 9.97. The van der Waals surface area contributed by atoms with E-state index in [0.717, 1.165) is 50.9 Å². The monoisotopic (exact) mass is 304 g/mol. The molecule has 0 unspecified atom stereocenters. The van der Waals surface area contributed by atoms with Crippen LogP contribution in [0.15, 0.2) is 12.4 Å². The van der Waals surface area contributed by atoms with Crippen LogP contribution in [-0.4, -0.2) is 60.0 Å². The van der Waals surface area contributed by atoms with E-state index in [0.29, 0.717) is 12.5 Å². The van der Waals surface area contributed by atoms with E-state index in [1.54, 1.807) is 0 Å². The first-order valence-corrected chi connectivity index (χ1v) is 8.44. The first-order chi connectivity index (χ1) is 10.8. The zero-order valence-corrected chi connectivity index (χ0v) is 13.0. The minimum atomic E-state index is 0.231. The van der Waals surface area contributed by atoms with Crippen molar-refractivity contribution in [3.05, 3.63) is 12.4 Å². The Balaban J connectivity index is 1.29. The van der Waals surface area contributed by atoms with E-state index in [1.807, 2.05) is 22.0 Å². The van der Waals surface area contributed by atoms with Crippen molar-refractivity contribution >= 4 is 11.6 Å². The highest BCUT2D eigenvalue weighted by Gasteiger charge is 2.31. The van der Waals surface area contributed by atoms with Gasteiger partial charge in [-0.2, -0.15) is 5.10 Å². The van der Waals surface area contributed by atoms with Gasteiger partial charge in [0.25, 0.3) is 0 Å². The summed E-state index contributed by atoms with van der Waals surface area (Å²) in [5.74, 6) is 1.03. The molecule has 3 aliphatic heterocycles. The first kappa shape index (κ1) is 14.2. The number of hydrogen-bond acceptors (Lipinski definition) is 4. The minimum Gasteiger partial charge on any atom is -0.381 e. The van der Waals surface area contributed by atoms with Gasteiger partial charge in [-0.15, -0.1) is 0 Å². The molecule has 0 saturated carbocycles. The Kier molecular flexibility index (Phi) is 3.88. The Morgan fingerprint density at radius 2 is 2.09 bits per heavy atom. The molecule has 22 heavy (non-hydrogen) atoms. The van der Waals surface area contributed by atoms with Crippen LogP contribution < -0.4 is 4.90 Å². The summed E-state index contributed by atoms with van der Waals surface area (Å²) in [5.41, 5.74) is 0.963. The van der Waals surface area contributed by atoms with Crippen molar-refractivity contribution in [2.45, 2.75) is 31.7 Å². The minimum absolute atomic E-state index is 0.231. The van der Waals surface area contributed by atoms with Crippen molar-refractivity contribution in [3.8, 4) is 0 Å². The van der Waals surface area contributed by atoms with Gasteiger partial charge < -0.3 is 9.64 Å². The van der Waals surface area contributed by atoms with Crippen LogP contribution in [0.3, 0.4) is 0 Å². The van der Waals surface area contributed by atoms with Gasteiger partial charge in [-0.1, -0.05) is 0 Å². The lowest BCUT2D eigenvalue weighted by molar-refractivity contribution is -0.117. The molecule has 6 heteroatoms. The van der Waals surface area contributed by atoms with E-state index in [-0.39, 0.29) is 5.91 Å². The van der Waals surface area contributed by atoms with Crippen LogP contribution in [0.25, 0.3) is 0 Å². The molecule has 0 aromatic carbocycles. The molecule has 6 nitrogen and oxygen atoms in total. The smallest absolute Gasteiger partial charge is 0.227 e. The lowest BCUT2D eigenvalue weighted by Gasteiger charge is -2.41. The highest BCUT2D eigenvalue weighted by atomic mass is 16.5. The van der Waals surface area contributed by atoms with E-state index in [9.17, 15) is 4.79 Å². The molecule has 1 aromatic heterocycles. The van der Waals surface area contributed by atoms with Gasteiger partial charge in [0.2, 0.25) is 5.91 Å². The summed E-state index contributed by atoms with van der Waals surface area (Å²) in [6.45, 7) is 6.03. The number of ether oxygens (including phenoxy) is 1. The normalized spacial score (nSPS) is 24.9. The Labute approximate surface area is 131 Å². The van der Waals surface area contributed by atoms with E-state index in [1.165, 1.54) is 19.4 Å². The SMILES string of the molecule is O=C1CCCN1c1cnn(C2CN(CC3CCOCC3)C2)c1. The van der Waals surface area contributed by atoms with Crippen molar-refractivity contribution < 1.29 is 9.53 Å². The van der Waals surface area contributed by atoms with Crippen molar-refractivity contribution in [2.24, 2.45) is 5.92 Å². The Morgan fingerprint density at radius 1 is 1.27 bits per heavy atom. The molecule has 4 rings (SSSR count). The summed E-state index contributed by atoms with van der Waals surface area (Å²) in [4.78, 5) is 16.2. The largest absolute Gasteiger partial charge is 0.381 e. The summed E-state index contributed by atoms with van der Waals surface area (Å²) in [7, 11) is 0. The van der Waals surface area contributed by atoms with Gasteiger partial charge in [0.1, 0.15) is 0 Å². The molecule has 3 fully saturated rings. The number of carbonyl (C=O) groups is 1. The third kappa shape index (κ3) is 2.77. The maximum atomic E-state index is 11.8. The van der Waals surface area contributed by atoms with Crippen LogP contribution in [0.4, 0.5) is 5.69 Å². The van der Waals surface area contributed by atoms with Gasteiger partial charge >= 0.3 is 0 Å². The predicted octanol–water partition coefficient (Wildman–Crippen LogP) is 1.29. The van der Waals surface area contributed by atoms with E-state index >= 15 is 0 Å². The molecule has 0 atom stereocenters. The molecule has 3 saturated heterocycles. The van der Waals surface area contributed by atoms with Gasteiger partial charge in [-0.05, 0) is 25.2 Å². The Morgan fingerprint density at radius 3 is 2.82 bits per heavy atom. The maximum absolute atomic E-state index is 11.8. The second-order valence-corrected chi connectivity index (χ2v) is 6.76. The molecule has 0 aliphatic carbocycles. The summed E-state index contributed by atoms with van der Waals surface area (Å²) in [6.07, 6.45) is 7.91. The number of aromatic nitrogens is 2. The van der Waals surface area contributed by atoms with Crippen LogP contribution in [0, 0.1) is 5.92 Å². The fourth-order valence-corrected chi connectivity index (χ4v) is 3.74. The van der Waals surface area contributed by atoms with E-state index < -0.39 is 0 Å². The number of anilines is 1. The van der Waals surface area contributed by atoms with Crippen molar-refractivity contribution in [2.75, 3.05) is 44.3 Å². The quantitative estimate of drug-likeness (QED) is 0.841. The van der Waals surface area contributed by atoms with Crippen LogP contribution in [0.1, 0.15) is 31.7 Å². The van der Waals surface area contributed by atoms with Gasteiger partial charge in [0.15, 0.2) is 0 Å². The lowest BCUT2D eigenvalue weighted by Crippen LogP contribution is -2.50. The average molecular weight is 304 g/mol. The predicted molar refractivity (Wildman–Crippen MR) is 82.8 cm³/mol. The highest BCUT2D eigenvalue weighted by molar-refractivity contribution is 5.95. The van der Waals surface area contributed by atoms with Crippen molar-refractivity contribution in [1.82, 2.24) is 14.7 Å². The summed E-state index contributed by atoms with van der Waals surface area (Å²) >= 11 is 0. The standard InChI is InChI=1S/C16H24N4O2/c21-16-2-1-5-19(16)14-8-17-20(12-14)15-10-18(11-15)9-13-3-6-22-7-4-13/h8,12-13,15H,1-7,9-11H2. The molecule has 0 spiro atoms. The van der Waals surface area contributed by atoms with Gasteiger partial charge in [0, 0.05) is 52.0 Å². The van der Waals surface area contributed by atoms with Crippen molar-refractivity contribution in [3.63, 3.8) is 0 Å². The van der Waals surface area contributed by atoms with Gasteiger partial charge in [-0.3, -0.25) is 14.4 Å². The third-order valence-electron chi connectivity index (χ3n) is 5.14. The maximum Gasteiger partial charge on any atom is 0.227 e. The summed E-state index contributed by atoms with van der Waals surface area (Å²) < 4.78 is 7.46. The van der Waals surface area contributed by atoms with Crippen LogP contribution in [-0.2, 0) is 9.53 Å². The van der Waals surface area contributed by atoms with Crippen molar-refractivity contribution in [1.29, 1.82) is 0 Å². The fraction of sp³-hybridized carbons (Fsp3) is 0.750. The molecule has 4 heterocycles. The second-order valence-electron chi connectivity index (χ2n) is 6.76. The number of rotatable bonds is 4. The molecule has 0 radical (unpaired) electrons. The molecular formula is C16H24N4O2. The zero-order valence-electron chi connectivity index (χ0n) is 13.0. The van der Waals surface area contributed by atoms with Crippen LogP contribution >= 0.6 is 0 Å². The fourth-order valence-electron chi connectivity index (χ4n) is 3.74. The van der Waals surface area contributed by atoms with Gasteiger partial charge in [0.05, 0.1) is 17.9 Å². The zero-order chi connectivity index (χ0) is 14.9. The average Bonchev–Trinajstić information content (AvgIpc) is 3.12. The van der Waals surface area contributed by atoms with Gasteiger partial charge in [-0.25, -0.2) is 0 Å². The number of hydrogen-bond donors (Lipinski definition) is 0. The third-order valence-corrected chi connectivity index (χ3v) is 5.14.